The lowest BCUT2D eigenvalue weighted by atomic mass is 10.2. The van der Waals surface area contributed by atoms with E-state index in [9.17, 15) is 9.18 Å². The van der Waals surface area contributed by atoms with Crippen molar-refractivity contribution < 1.29 is 13.6 Å². The smallest absolute Gasteiger partial charge is 0.247 e. The highest BCUT2D eigenvalue weighted by atomic mass is 19.1. The van der Waals surface area contributed by atoms with Crippen molar-refractivity contribution in [2.24, 2.45) is 0 Å². The third kappa shape index (κ3) is 3.30. The van der Waals surface area contributed by atoms with Crippen molar-refractivity contribution in [3.8, 4) is 11.5 Å². The van der Waals surface area contributed by atoms with E-state index in [0.717, 1.165) is 13.1 Å². The van der Waals surface area contributed by atoms with E-state index >= 15 is 0 Å². The maximum absolute atomic E-state index is 12.9. The van der Waals surface area contributed by atoms with Crippen LogP contribution in [0.4, 0.5) is 4.39 Å². The van der Waals surface area contributed by atoms with Gasteiger partial charge in [-0.25, -0.2) is 4.39 Å². The summed E-state index contributed by atoms with van der Waals surface area (Å²) >= 11 is 0. The maximum Gasteiger partial charge on any atom is 0.247 e. The van der Waals surface area contributed by atoms with Crippen molar-refractivity contribution in [1.29, 1.82) is 0 Å². The Labute approximate surface area is 127 Å². The number of carbonyl (C=O) groups excluding carboxylic acids is 1. The molecular weight excluding hydrogens is 287 g/mol. The van der Waals surface area contributed by atoms with Gasteiger partial charge in [-0.05, 0) is 24.3 Å². The van der Waals surface area contributed by atoms with Crippen LogP contribution < -0.4 is 0 Å². The average Bonchev–Trinajstić information content (AvgIpc) is 2.97. The van der Waals surface area contributed by atoms with Gasteiger partial charge in [0.2, 0.25) is 17.7 Å². The van der Waals surface area contributed by atoms with Crippen molar-refractivity contribution in [2.45, 2.75) is 13.5 Å². The minimum Gasteiger partial charge on any atom is -0.419 e. The Balaban J connectivity index is 1.60. The van der Waals surface area contributed by atoms with Gasteiger partial charge in [-0.3, -0.25) is 9.69 Å². The van der Waals surface area contributed by atoms with E-state index in [4.69, 9.17) is 4.42 Å². The molecule has 116 valence electrons. The molecule has 0 bridgehead atoms. The highest BCUT2D eigenvalue weighted by Gasteiger charge is 2.20. The van der Waals surface area contributed by atoms with Crippen molar-refractivity contribution in [2.75, 3.05) is 26.2 Å². The van der Waals surface area contributed by atoms with E-state index in [1.165, 1.54) is 12.1 Å². The fourth-order valence-corrected chi connectivity index (χ4v) is 2.44. The topological polar surface area (TPSA) is 62.5 Å². The Kier molecular flexibility index (Phi) is 4.15. The zero-order chi connectivity index (χ0) is 15.5. The quantitative estimate of drug-likeness (QED) is 0.861. The van der Waals surface area contributed by atoms with Crippen molar-refractivity contribution >= 4 is 5.91 Å². The molecule has 0 radical (unpaired) electrons. The molecule has 0 saturated carbocycles. The molecule has 7 heteroatoms. The molecule has 3 rings (SSSR count). The fourth-order valence-electron chi connectivity index (χ4n) is 2.44. The van der Waals surface area contributed by atoms with Crippen LogP contribution in [0.1, 0.15) is 12.8 Å². The van der Waals surface area contributed by atoms with Crippen molar-refractivity contribution in [1.82, 2.24) is 20.0 Å². The summed E-state index contributed by atoms with van der Waals surface area (Å²) in [5.41, 5.74) is 0.696. The van der Waals surface area contributed by atoms with Crippen LogP contribution in [0.2, 0.25) is 0 Å². The predicted molar refractivity (Wildman–Crippen MR) is 77.2 cm³/mol. The SMILES string of the molecule is CC(=O)N1CCN(Cc2nnc(-c3ccc(F)cc3)o2)CC1. The van der Waals surface area contributed by atoms with Gasteiger partial charge in [-0.1, -0.05) is 0 Å². The molecule has 0 atom stereocenters. The summed E-state index contributed by atoms with van der Waals surface area (Å²) in [4.78, 5) is 15.3. The van der Waals surface area contributed by atoms with Crippen LogP contribution in [-0.2, 0) is 11.3 Å². The van der Waals surface area contributed by atoms with Crippen molar-refractivity contribution in [3.63, 3.8) is 0 Å². The molecule has 0 N–H and O–H groups in total. The molecule has 22 heavy (non-hydrogen) atoms. The zero-order valence-corrected chi connectivity index (χ0v) is 12.3. The van der Waals surface area contributed by atoms with Gasteiger partial charge in [-0.2, -0.15) is 0 Å². The number of hydrogen-bond donors (Lipinski definition) is 0. The molecule has 0 unspecified atom stereocenters. The lowest BCUT2D eigenvalue weighted by Crippen LogP contribution is -2.47. The monoisotopic (exact) mass is 304 g/mol. The van der Waals surface area contributed by atoms with E-state index in [0.29, 0.717) is 37.0 Å². The van der Waals surface area contributed by atoms with E-state index in [2.05, 4.69) is 15.1 Å². The van der Waals surface area contributed by atoms with Gasteiger partial charge in [0, 0.05) is 38.7 Å². The molecular formula is C15H17FN4O2. The first-order valence-corrected chi connectivity index (χ1v) is 7.18. The molecule has 0 aliphatic carbocycles. The second-order valence-corrected chi connectivity index (χ2v) is 5.29. The first-order valence-electron chi connectivity index (χ1n) is 7.18. The van der Waals surface area contributed by atoms with E-state index in [1.54, 1.807) is 19.1 Å². The molecule has 1 saturated heterocycles. The largest absolute Gasteiger partial charge is 0.419 e. The Morgan fingerprint density at radius 1 is 1.18 bits per heavy atom. The molecule has 6 nitrogen and oxygen atoms in total. The van der Waals surface area contributed by atoms with Gasteiger partial charge in [0.1, 0.15) is 5.82 Å². The minimum absolute atomic E-state index is 0.107. The summed E-state index contributed by atoms with van der Waals surface area (Å²) < 4.78 is 18.5. The van der Waals surface area contributed by atoms with Gasteiger partial charge < -0.3 is 9.32 Å². The summed E-state index contributed by atoms with van der Waals surface area (Å²) in [5, 5.41) is 8.03. The van der Waals surface area contributed by atoms with E-state index in [-0.39, 0.29) is 11.7 Å². The first-order chi connectivity index (χ1) is 10.6. The van der Waals surface area contributed by atoms with Crippen LogP contribution in [-0.4, -0.2) is 52.1 Å². The minimum atomic E-state index is -0.299. The van der Waals surface area contributed by atoms with Gasteiger partial charge in [-0.15, -0.1) is 10.2 Å². The number of hydrogen-bond acceptors (Lipinski definition) is 5. The van der Waals surface area contributed by atoms with Gasteiger partial charge >= 0.3 is 0 Å². The predicted octanol–water partition coefficient (Wildman–Crippen LogP) is 1.54. The normalized spacial score (nSPS) is 16.0. The number of nitrogens with zero attached hydrogens (tertiary/aromatic N) is 4. The van der Waals surface area contributed by atoms with Gasteiger partial charge in [0.05, 0.1) is 6.54 Å². The second kappa shape index (κ2) is 6.23. The fraction of sp³-hybridized carbons (Fsp3) is 0.400. The number of rotatable bonds is 3. The van der Waals surface area contributed by atoms with Crippen LogP contribution in [0.3, 0.4) is 0 Å². The van der Waals surface area contributed by atoms with Crippen LogP contribution in [0, 0.1) is 5.82 Å². The number of carbonyl (C=O) groups is 1. The third-order valence-corrected chi connectivity index (χ3v) is 3.73. The molecule has 1 aromatic carbocycles. The van der Waals surface area contributed by atoms with Gasteiger partial charge in [0.15, 0.2) is 0 Å². The average molecular weight is 304 g/mol. The lowest BCUT2D eigenvalue weighted by Gasteiger charge is -2.33. The van der Waals surface area contributed by atoms with Crippen LogP contribution in [0.5, 0.6) is 0 Å². The van der Waals surface area contributed by atoms with Gasteiger partial charge in [0.25, 0.3) is 0 Å². The Morgan fingerprint density at radius 2 is 1.86 bits per heavy atom. The number of amides is 1. The first kappa shape index (κ1) is 14.6. The molecule has 2 aromatic rings. The molecule has 0 spiro atoms. The van der Waals surface area contributed by atoms with Crippen LogP contribution in [0.25, 0.3) is 11.5 Å². The lowest BCUT2D eigenvalue weighted by molar-refractivity contribution is -0.130. The van der Waals surface area contributed by atoms with E-state index in [1.807, 2.05) is 4.90 Å². The maximum atomic E-state index is 12.9. The summed E-state index contributed by atoms with van der Waals surface area (Å²) in [6.07, 6.45) is 0. The third-order valence-electron chi connectivity index (χ3n) is 3.73. The summed E-state index contributed by atoms with van der Waals surface area (Å²) in [7, 11) is 0. The molecule has 1 fully saturated rings. The van der Waals surface area contributed by atoms with Crippen LogP contribution >= 0.6 is 0 Å². The highest BCUT2D eigenvalue weighted by Crippen LogP contribution is 2.19. The zero-order valence-electron chi connectivity index (χ0n) is 12.3. The molecule has 1 aliphatic heterocycles. The molecule has 1 aliphatic rings. The summed E-state index contributed by atoms with van der Waals surface area (Å²) in [6.45, 7) is 5.15. The number of piperazine rings is 1. The Morgan fingerprint density at radius 3 is 2.50 bits per heavy atom. The molecule has 2 heterocycles. The summed E-state index contributed by atoms with van der Waals surface area (Å²) in [6, 6.07) is 5.94. The summed E-state index contributed by atoms with van der Waals surface area (Å²) in [5.74, 6) is 0.718. The Hall–Kier alpha value is -2.28. The molecule has 1 amide bonds. The second-order valence-electron chi connectivity index (χ2n) is 5.29. The molecule has 1 aromatic heterocycles. The Bertz CT molecular complexity index is 648. The highest BCUT2D eigenvalue weighted by molar-refractivity contribution is 5.73. The standard InChI is InChI=1S/C15H17FN4O2/c1-11(21)20-8-6-19(7-9-20)10-14-17-18-15(22-14)12-2-4-13(16)5-3-12/h2-5H,6-10H2,1H3. The van der Waals surface area contributed by atoms with Crippen molar-refractivity contribution in [3.05, 3.63) is 36.0 Å². The number of halogens is 1. The number of benzene rings is 1. The van der Waals surface area contributed by atoms with E-state index < -0.39 is 0 Å². The number of aromatic nitrogens is 2. The van der Waals surface area contributed by atoms with Crippen LogP contribution in [0.15, 0.2) is 28.7 Å².